The number of nitrogens with zero attached hydrogens (tertiary/aromatic N) is 1. The molecule has 1 atom stereocenters. The third-order valence-corrected chi connectivity index (χ3v) is 3.49. The lowest BCUT2D eigenvalue weighted by Gasteiger charge is -2.23. The highest BCUT2D eigenvalue weighted by molar-refractivity contribution is 7.11. The second-order valence-corrected chi connectivity index (χ2v) is 4.82. The molecule has 18 heavy (non-hydrogen) atoms. The largest absolute Gasteiger partial charge is 0.462 e. The molecule has 0 radical (unpaired) electrons. The van der Waals surface area contributed by atoms with Crippen molar-refractivity contribution in [1.82, 2.24) is 4.37 Å². The predicted octanol–water partition coefficient (Wildman–Crippen LogP) is 1.49. The average Bonchev–Trinajstić information content (AvgIpc) is 2.72. The van der Waals surface area contributed by atoms with E-state index in [4.69, 9.17) is 15.2 Å². The van der Waals surface area contributed by atoms with Crippen molar-refractivity contribution in [3.05, 3.63) is 5.56 Å². The number of ether oxygens (including phenoxy) is 2. The topological polar surface area (TPSA) is 86.5 Å². The van der Waals surface area contributed by atoms with Crippen LogP contribution in [0.5, 0.6) is 0 Å². The average molecular weight is 271 g/mol. The quantitative estimate of drug-likeness (QED) is 0.807. The molecule has 1 saturated heterocycles. The second kappa shape index (κ2) is 6.01. The number of rotatable bonds is 4. The number of esters is 1. The molecule has 0 amide bonds. The Hall–Kier alpha value is -1.34. The smallest absolute Gasteiger partial charge is 0.344 e. The van der Waals surface area contributed by atoms with Crippen LogP contribution in [-0.4, -0.2) is 36.2 Å². The second-order valence-electron chi connectivity index (χ2n) is 4.05. The van der Waals surface area contributed by atoms with E-state index in [1.54, 1.807) is 6.92 Å². The Morgan fingerprint density at radius 3 is 3.22 bits per heavy atom. The van der Waals surface area contributed by atoms with Crippen LogP contribution in [-0.2, 0) is 9.47 Å². The van der Waals surface area contributed by atoms with Crippen molar-refractivity contribution in [1.29, 1.82) is 0 Å². The molecule has 1 fully saturated rings. The minimum absolute atomic E-state index is 0.201. The molecule has 7 heteroatoms. The fourth-order valence-electron chi connectivity index (χ4n) is 1.84. The van der Waals surface area contributed by atoms with Gasteiger partial charge in [0.1, 0.15) is 10.6 Å². The van der Waals surface area contributed by atoms with Gasteiger partial charge in [0, 0.05) is 6.61 Å². The Morgan fingerprint density at radius 1 is 1.72 bits per heavy atom. The summed E-state index contributed by atoms with van der Waals surface area (Å²) in [5.41, 5.74) is 6.05. The van der Waals surface area contributed by atoms with Gasteiger partial charge in [0.15, 0.2) is 5.82 Å². The minimum atomic E-state index is -0.428. The number of nitrogens with two attached hydrogens (primary N) is 1. The van der Waals surface area contributed by atoms with Crippen LogP contribution in [0.25, 0.3) is 0 Å². The van der Waals surface area contributed by atoms with Crippen LogP contribution in [0.3, 0.4) is 0 Å². The van der Waals surface area contributed by atoms with E-state index in [0.29, 0.717) is 23.8 Å². The summed E-state index contributed by atoms with van der Waals surface area (Å²) in [6.07, 6.45) is 2.03. The molecule has 1 aromatic rings. The van der Waals surface area contributed by atoms with Crippen molar-refractivity contribution >= 4 is 28.3 Å². The molecule has 1 aliphatic heterocycles. The van der Waals surface area contributed by atoms with E-state index in [1.807, 2.05) is 0 Å². The normalized spacial score (nSPS) is 19.5. The molecule has 0 aliphatic carbocycles. The zero-order valence-corrected chi connectivity index (χ0v) is 11.1. The van der Waals surface area contributed by atoms with Gasteiger partial charge in [0.05, 0.1) is 19.3 Å². The highest BCUT2D eigenvalue weighted by Gasteiger charge is 2.23. The zero-order valence-electron chi connectivity index (χ0n) is 10.3. The van der Waals surface area contributed by atoms with Crippen molar-refractivity contribution in [3.8, 4) is 0 Å². The standard InChI is InChI=1S/C11H17N3O3S/c1-2-17-11(15)8-9(12)14-18-10(8)13-7-4-3-5-16-6-7/h7,13H,2-6H2,1H3,(H2,12,14). The third-order valence-electron chi connectivity index (χ3n) is 2.69. The van der Waals surface area contributed by atoms with Gasteiger partial charge < -0.3 is 20.5 Å². The number of hydrogen-bond donors (Lipinski definition) is 2. The molecule has 0 aromatic carbocycles. The molecule has 1 unspecified atom stereocenters. The lowest BCUT2D eigenvalue weighted by atomic mass is 10.1. The molecule has 1 aromatic heterocycles. The Balaban J connectivity index is 2.09. The van der Waals surface area contributed by atoms with Crippen molar-refractivity contribution in [2.45, 2.75) is 25.8 Å². The number of nitrogens with one attached hydrogen (secondary N) is 1. The Bertz CT molecular complexity index is 416. The van der Waals surface area contributed by atoms with Crippen molar-refractivity contribution in [3.63, 3.8) is 0 Å². The van der Waals surface area contributed by atoms with Crippen LogP contribution in [0.15, 0.2) is 0 Å². The van der Waals surface area contributed by atoms with Crippen LogP contribution < -0.4 is 11.1 Å². The maximum Gasteiger partial charge on any atom is 0.344 e. The summed E-state index contributed by atoms with van der Waals surface area (Å²) in [6.45, 7) is 3.52. The number of aromatic nitrogens is 1. The van der Waals surface area contributed by atoms with Crippen LogP contribution in [0, 0.1) is 0 Å². The van der Waals surface area contributed by atoms with Gasteiger partial charge >= 0.3 is 5.97 Å². The summed E-state index contributed by atoms with van der Waals surface area (Å²) >= 11 is 1.18. The summed E-state index contributed by atoms with van der Waals surface area (Å²) < 4.78 is 14.4. The van der Waals surface area contributed by atoms with Gasteiger partial charge in [0.2, 0.25) is 0 Å². The van der Waals surface area contributed by atoms with Gasteiger partial charge in [-0.3, -0.25) is 0 Å². The van der Waals surface area contributed by atoms with E-state index < -0.39 is 5.97 Å². The third kappa shape index (κ3) is 2.91. The van der Waals surface area contributed by atoms with Crippen LogP contribution in [0.1, 0.15) is 30.1 Å². The first-order valence-electron chi connectivity index (χ1n) is 5.99. The molecule has 0 saturated carbocycles. The van der Waals surface area contributed by atoms with Gasteiger partial charge in [-0.25, -0.2) is 4.79 Å². The number of nitrogen functional groups attached to an aromatic ring is 1. The number of carbonyl (C=O) groups excluding carboxylic acids is 1. The van der Waals surface area contributed by atoms with Crippen LogP contribution in [0.2, 0.25) is 0 Å². The fourth-order valence-corrected chi connectivity index (χ4v) is 2.62. The molecule has 6 nitrogen and oxygen atoms in total. The van der Waals surface area contributed by atoms with Crippen LogP contribution >= 0.6 is 11.5 Å². The zero-order chi connectivity index (χ0) is 13.0. The summed E-state index contributed by atoms with van der Waals surface area (Å²) in [4.78, 5) is 11.8. The summed E-state index contributed by atoms with van der Waals surface area (Å²) in [5, 5.41) is 3.93. The molecular weight excluding hydrogens is 254 g/mol. The number of carbonyl (C=O) groups is 1. The molecule has 0 bridgehead atoms. The van der Waals surface area contributed by atoms with Crippen molar-refractivity contribution in [2.75, 3.05) is 30.9 Å². The van der Waals surface area contributed by atoms with E-state index in [0.717, 1.165) is 19.4 Å². The number of hydrogen-bond acceptors (Lipinski definition) is 7. The summed E-state index contributed by atoms with van der Waals surface area (Å²) in [7, 11) is 0. The summed E-state index contributed by atoms with van der Waals surface area (Å²) in [6, 6.07) is 0.201. The highest BCUT2D eigenvalue weighted by Crippen LogP contribution is 2.29. The Morgan fingerprint density at radius 2 is 2.56 bits per heavy atom. The fraction of sp³-hybridized carbons (Fsp3) is 0.636. The monoisotopic (exact) mass is 271 g/mol. The van der Waals surface area contributed by atoms with Crippen molar-refractivity contribution < 1.29 is 14.3 Å². The molecule has 1 aliphatic rings. The van der Waals surface area contributed by atoms with Gasteiger partial charge in [-0.2, -0.15) is 4.37 Å². The first-order valence-corrected chi connectivity index (χ1v) is 6.76. The van der Waals surface area contributed by atoms with E-state index in [9.17, 15) is 4.79 Å². The van der Waals surface area contributed by atoms with E-state index in [2.05, 4.69) is 9.69 Å². The van der Waals surface area contributed by atoms with Gasteiger partial charge in [-0.1, -0.05) is 0 Å². The maximum absolute atomic E-state index is 11.8. The maximum atomic E-state index is 11.8. The van der Waals surface area contributed by atoms with E-state index in [-0.39, 0.29) is 11.9 Å². The minimum Gasteiger partial charge on any atom is -0.462 e. The Labute approximate surface area is 110 Å². The van der Waals surface area contributed by atoms with Gasteiger partial charge in [-0.15, -0.1) is 0 Å². The molecular formula is C11H17N3O3S. The van der Waals surface area contributed by atoms with Gasteiger partial charge in [0.25, 0.3) is 0 Å². The van der Waals surface area contributed by atoms with E-state index >= 15 is 0 Å². The summed E-state index contributed by atoms with van der Waals surface area (Å²) in [5.74, 6) is -0.208. The van der Waals surface area contributed by atoms with E-state index in [1.165, 1.54) is 11.5 Å². The van der Waals surface area contributed by atoms with Crippen LogP contribution in [0.4, 0.5) is 10.8 Å². The van der Waals surface area contributed by atoms with Gasteiger partial charge in [-0.05, 0) is 31.3 Å². The highest BCUT2D eigenvalue weighted by atomic mass is 32.1. The molecule has 3 N–H and O–H groups in total. The molecule has 2 heterocycles. The predicted molar refractivity (Wildman–Crippen MR) is 69.9 cm³/mol. The first kappa shape index (κ1) is 13.1. The van der Waals surface area contributed by atoms with Crippen molar-refractivity contribution in [2.24, 2.45) is 0 Å². The molecule has 0 spiro atoms. The SMILES string of the molecule is CCOC(=O)c1c(N)nsc1NC1CCCOC1. The lowest BCUT2D eigenvalue weighted by molar-refractivity contribution is 0.0528. The first-order chi connectivity index (χ1) is 8.72. The molecule has 2 rings (SSSR count). The Kier molecular flexibility index (Phi) is 4.38. The lowest BCUT2D eigenvalue weighted by Crippen LogP contribution is -2.30. The number of anilines is 2. The molecule has 100 valence electrons.